The number of carbonyl (C=O) groups excluding carboxylic acids is 3. The summed E-state index contributed by atoms with van der Waals surface area (Å²) in [7, 11) is 0. The fourth-order valence-corrected chi connectivity index (χ4v) is 3.60. The van der Waals surface area contributed by atoms with Crippen LogP contribution in [0.2, 0.25) is 0 Å². The highest BCUT2D eigenvalue weighted by Crippen LogP contribution is 2.36. The molecule has 0 radical (unpaired) electrons. The van der Waals surface area contributed by atoms with Crippen LogP contribution >= 0.6 is 0 Å². The van der Waals surface area contributed by atoms with E-state index in [9.17, 15) is 14.4 Å². The molecule has 1 aromatic carbocycles. The van der Waals surface area contributed by atoms with Gasteiger partial charge in [0.05, 0.1) is 0 Å². The van der Waals surface area contributed by atoms with Gasteiger partial charge in [-0.2, -0.15) is 0 Å². The Bertz CT molecular complexity index is 827. The summed E-state index contributed by atoms with van der Waals surface area (Å²) in [5, 5.41) is 5.65. The molecule has 32 heavy (non-hydrogen) atoms. The molecular weight excluding hydrogens is 406 g/mol. The van der Waals surface area contributed by atoms with E-state index in [1.54, 1.807) is 32.6 Å². The summed E-state index contributed by atoms with van der Waals surface area (Å²) in [5.74, 6) is -0.466. The first-order valence-electron chi connectivity index (χ1n) is 11.6. The minimum absolute atomic E-state index is 0.0211. The number of hydrogen-bond donors (Lipinski definition) is 2. The number of aryl methyl sites for hydroxylation is 2. The van der Waals surface area contributed by atoms with E-state index in [1.165, 1.54) is 0 Å². The standard InChI is InChI=1S/C25H39N3O4/c1-8-9-14-26-22(29)21(20-15-16(2)10-11-17(20)3)28(19-12-13-19)23(30)18(4)27-24(31)32-25(5,6)7/h10-11,15,18-19,21H,8-9,12-14H2,1-7H3,(H,26,29)(H,27,31). The zero-order chi connectivity index (χ0) is 24.1. The van der Waals surface area contributed by atoms with Gasteiger partial charge in [0.25, 0.3) is 0 Å². The number of rotatable bonds is 9. The number of benzene rings is 1. The Labute approximate surface area is 192 Å². The van der Waals surface area contributed by atoms with Gasteiger partial charge in [-0.25, -0.2) is 4.79 Å². The third kappa shape index (κ3) is 7.24. The largest absolute Gasteiger partial charge is 0.444 e. The molecule has 2 N–H and O–H groups in total. The van der Waals surface area contributed by atoms with Crippen LogP contribution in [0.15, 0.2) is 18.2 Å². The minimum Gasteiger partial charge on any atom is -0.444 e. The third-order valence-electron chi connectivity index (χ3n) is 5.38. The molecule has 1 fully saturated rings. The highest BCUT2D eigenvalue weighted by atomic mass is 16.6. The molecule has 178 valence electrons. The molecule has 7 nitrogen and oxygen atoms in total. The topological polar surface area (TPSA) is 87.7 Å². The molecular formula is C25H39N3O4. The average Bonchev–Trinajstić information content (AvgIpc) is 3.51. The lowest BCUT2D eigenvalue weighted by molar-refractivity contribution is -0.142. The minimum atomic E-state index is -0.818. The van der Waals surface area contributed by atoms with Crippen LogP contribution in [0.5, 0.6) is 0 Å². The summed E-state index contributed by atoms with van der Waals surface area (Å²) in [6, 6.07) is 4.38. The van der Waals surface area contributed by atoms with Gasteiger partial charge in [0.15, 0.2) is 0 Å². The van der Waals surface area contributed by atoms with Crippen LogP contribution in [-0.2, 0) is 14.3 Å². The molecule has 1 aliphatic rings. The van der Waals surface area contributed by atoms with Gasteiger partial charge in [0.2, 0.25) is 11.8 Å². The number of carbonyl (C=O) groups is 3. The fourth-order valence-electron chi connectivity index (χ4n) is 3.60. The predicted octanol–water partition coefficient (Wildman–Crippen LogP) is 4.17. The normalized spacial score (nSPS) is 15.5. The van der Waals surface area contributed by atoms with E-state index < -0.39 is 23.8 Å². The van der Waals surface area contributed by atoms with Gasteiger partial charge < -0.3 is 20.3 Å². The van der Waals surface area contributed by atoms with E-state index >= 15 is 0 Å². The van der Waals surface area contributed by atoms with Gasteiger partial charge in [-0.1, -0.05) is 37.1 Å². The quantitative estimate of drug-likeness (QED) is 0.559. The maximum absolute atomic E-state index is 13.5. The van der Waals surface area contributed by atoms with E-state index in [2.05, 4.69) is 17.6 Å². The van der Waals surface area contributed by atoms with Crippen molar-refractivity contribution in [3.05, 3.63) is 34.9 Å². The summed E-state index contributed by atoms with van der Waals surface area (Å²) >= 11 is 0. The summed E-state index contributed by atoms with van der Waals surface area (Å²) in [5.41, 5.74) is 2.14. The molecule has 7 heteroatoms. The first-order chi connectivity index (χ1) is 14.9. The maximum Gasteiger partial charge on any atom is 0.408 e. The highest BCUT2D eigenvalue weighted by Gasteiger charge is 2.43. The Morgan fingerprint density at radius 2 is 1.84 bits per heavy atom. The first-order valence-corrected chi connectivity index (χ1v) is 11.6. The average molecular weight is 446 g/mol. The van der Waals surface area contributed by atoms with Crippen molar-refractivity contribution in [2.75, 3.05) is 6.54 Å². The fraction of sp³-hybridized carbons (Fsp3) is 0.640. The van der Waals surface area contributed by atoms with Crippen molar-refractivity contribution in [2.24, 2.45) is 0 Å². The van der Waals surface area contributed by atoms with Crippen molar-refractivity contribution < 1.29 is 19.1 Å². The second kappa shape index (κ2) is 10.8. The zero-order valence-electron chi connectivity index (χ0n) is 20.6. The monoisotopic (exact) mass is 445 g/mol. The molecule has 0 saturated heterocycles. The van der Waals surface area contributed by atoms with Gasteiger partial charge in [0.1, 0.15) is 17.7 Å². The van der Waals surface area contributed by atoms with E-state index in [0.29, 0.717) is 6.54 Å². The third-order valence-corrected chi connectivity index (χ3v) is 5.38. The number of amides is 3. The van der Waals surface area contributed by atoms with Crippen LogP contribution in [0.3, 0.4) is 0 Å². The molecule has 0 heterocycles. The van der Waals surface area contributed by atoms with E-state index in [1.807, 2.05) is 32.0 Å². The van der Waals surface area contributed by atoms with Crippen LogP contribution in [-0.4, -0.2) is 47.0 Å². The van der Waals surface area contributed by atoms with E-state index in [4.69, 9.17) is 4.74 Å². The molecule has 0 aromatic heterocycles. The van der Waals surface area contributed by atoms with Crippen LogP contribution in [0, 0.1) is 13.8 Å². The number of nitrogens with zero attached hydrogens (tertiary/aromatic N) is 1. The SMILES string of the molecule is CCCCNC(=O)C(c1cc(C)ccc1C)N(C(=O)C(C)NC(=O)OC(C)(C)C)C1CC1. The molecule has 2 rings (SSSR count). The molecule has 0 spiro atoms. The Balaban J connectivity index is 2.34. The molecule has 2 unspecified atom stereocenters. The summed E-state index contributed by atoms with van der Waals surface area (Å²) in [6.45, 7) is 13.5. The second-order valence-electron chi connectivity index (χ2n) is 9.75. The lowest BCUT2D eigenvalue weighted by atomic mass is 9.96. The van der Waals surface area contributed by atoms with Crippen LogP contribution in [0.4, 0.5) is 4.79 Å². The number of nitrogens with one attached hydrogen (secondary N) is 2. The summed E-state index contributed by atoms with van der Waals surface area (Å²) < 4.78 is 5.31. The Morgan fingerprint density at radius 3 is 2.41 bits per heavy atom. The van der Waals surface area contributed by atoms with E-state index in [-0.39, 0.29) is 17.9 Å². The number of ether oxygens (including phenoxy) is 1. The lowest BCUT2D eigenvalue weighted by Crippen LogP contribution is -2.53. The van der Waals surface area contributed by atoms with Gasteiger partial charge >= 0.3 is 6.09 Å². The van der Waals surface area contributed by atoms with Crippen LogP contribution < -0.4 is 10.6 Å². The molecule has 3 amide bonds. The van der Waals surface area contributed by atoms with Crippen molar-refractivity contribution in [3.63, 3.8) is 0 Å². The molecule has 0 bridgehead atoms. The van der Waals surface area contributed by atoms with Gasteiger partial charge in [-0.05, 0) is 71.9 Å². The first kappa shape index (κ1) is 25.7. The summed E-state index contributed by atoms with van der Waals surface area (Å²) in [4.78, 5) is 40.8. The maximum atomic E-state index is 13.5. The van der Waals surface area contributed by atoms with Gasteiger partial charge in [-0.3, -0.25) is 9.59 Å². The number of unbranched alkanes of at least 4 members (excludes halogenated alkanes) is 1. The Morgan fingerprint density at radius 1 is 1.19 bits per heavy atom. The molecule has 0 aliphatic heterocycles. The van der Waals surface area contributed by atoms with Crippen molar-refractivity contribution in [1.29, 1.82) is 0 Å². The van der Waals surface area contributed by atoms with Gasteiger partial charge in [0, 0.05) is 12.6 Å². The molecule has 1 aliphatic carbocycles. The predicted molar refractivity (Wildman–Crippen MR) is 125 cm³/mol. The van der Waals surface area contributed by atoms with Gasteiger partial charge in [-0.15, -0.1) is 0 Å². The Hall–Kier alpha value is -2.57. The number of hydrogen-bond acceptors (Lipinski definition) is 4. The van der Waals surface area contributed by atoms with Crippen molar-refractivity contribution in [2.45, 2.75) is 97.9 Å². The highest BCUT2D eigenvalue weighted by molar-refractivity contribution is 5.92. The lowest BCUT2D eigenvalue weighted by Gasteiger charge is -2.34. The molecule has 1 aromatic rings. The molecule has 2 atom stereocenters. The number of alkyl carbamates (subject to hydrolysis) is 1. The van der Waals surface area contributed by atoms with Crippen molar-refractivity contribution in [1.82, 2.24) is 15.5 Å². The van der Waals surface area contributed by atoms with Crippen LogP contribution in [0.25, 0.3) is 0 Å². The molecule has 1 saturated carbocycles. The van der Waals surface area contributed by atoms with Crippen molar-refractivity contribution >= 4 is 17.9 Å². The van der Waals surface area contributed by atoms with Crippen molar-refractivity contribution in [3.8, 4) is 0 Å². The van der Waals surface area contributed by atoms with E-state index in [0.717, 1.165) is 42.4 Å². The summed E-state index contributed by atoms with van der Waals surface area (Å²) in [6.07, 6.45) is 2.88. The zero-order valence-corrected chi connectivity index (χ0v) is 20.6. The second-order valence-corrected chi connectivity index (χ2v) is 9.75. The Kier molecular flexibility index (Phi) is 8.70. The smallest absolute Gasteiger partial charge is 0.408 e. The van der Waals surface area contributed by atoms with Crippen LogP contribution in [0.1, 0.15) is 83.0 Å².